The summed E-state index contributed by atoms with van der Waals surface area (Å²) < 4.78 is 5.33. The first-order chi connectivity index (χ1) is 9.70. The lowest BCUT2D eigenvalue weighted by Gasteiger charge is -2.24. The molecule has 2 atom stereocenters. The standard InChI is InChI=1S/C15H22N2O2S/c1-11(13-5-3-4-6-14(13)19-2)17-15(18)9-12-10-20-8-7-16-12/h3-6,11-12,16H,7-10H2,1-2H3,(H,17,18)/t11-,12?/m1/s1. The number of amides is 1. The molecule has 20 heavy (non-hydrogen) atoms. The van der Waals surface area contributed by atoms with Crippen molar-refractivity contribution in [3.8, 4) is 5.75 Å². The van der Waals surface area contributed by atoms with E-state index in [1.165, 1.54) is 0 Å². The van der Waals surface area contributed by atoms with Crippen molar-refractivity contribution in [2.24, 2.45) is 0 Å². The maximum Gasteiger partial charge on any atom is 0.222 e. The first-order valence-electron chi connectivity index (χ1n) is 6.94. The van der Waals surface area contributed by atoms with E-state index in [0.29, 0.717) is 12.5 Å². The fourth-order valence-corrected chi connectivity index (χ4v) is 3.33. The van der Waals surface area contributed by atoms with E-state index in [0.717, 1.165) is 29.4 Å². The minimum atomic E-state index is -0.0464. The summed E-state index contributed by atoms with van der Waals surface area (Å²) in [6.45, 7) is 2.98. The van der Waals surface area contributed by atoms with Crippen molar-refractivity contribution < 1.29 is 9.53 Å². The maximum atomic E-state index is 12.1. The summed E-state index contributed by atoms with van der Waals surface area (Å²) in [6.07, 6.45) is 0.534. The molecule has 1 fully saturated rings. The summed E-state index contributed by atoms with van der Waals surface area (Å²) in [4.78, 5) is 12.1. The number of hydrogen-bond acceptors (Lipinski definition) is 4. The van der Waals surface area contributed by atoms with Crippen molar-refractivity contribution >= 4 is 17.7 Å². The Morgan fingerprint density at radius 3 is 3.05 bits per heavy atom. The number of methoxy groups -OCH3 is 1. The van der Waals surface area contributed by atoms with Crippen LogP contribution in [-0.4, -0.2) is 37.1 Å². The normalized spacial score (nSPS) is 20.2. The van der Waals surface area contributed by atoms with Crippen LogP contribution in [0.25, 0.3) is 0 Å². The molecule has 1 aromatic carbocycles. The predicted octanol–water partition coefficient (Wildman–Crippen LogP) is 1.97. The van der Waals surface area contributed by atoms with Crippen molar-refractivity contribution in [1.29, 1.82) is 0 Å². The molecule has 1 aliphatic rings. The Hall–Kier alpha value is -1.20. The molecule has 0 saturated carbocycles. The van der Waals surface area contributed by atoms with E-state index in [4.69, 9.17) is 4.74 Å². The van der Waals surface area contributed by atoms with Gasteiger partial charge in [-0.3, -0.25) is 4.79 Å². The molecule has 1 amide bonds. The molecule has 0 radical (unpaired) electrons. The van der Waals surface area contributed by atoms with E-state index >= 15 is 0 Å². The van der Waals surface area contributed by atoms with E-state index in [9.17, 15) is 4.79 Å². The third kappa shape index (κ3) is 4.15. The molecule has 110 valence electrons. The van der Waals surface area contributed by atoms with Gasteiger partial charge in [0.1, 0.15) is 5.75 Å². The number of benzene rings is 1. The molecule has 5 heteroatoms. The lowest BCUT2D eigenvalue weighted by atomic mass is 10.1. The third-order valence-electron chi connectivity index (χ3n) is 3.41. The number of rotatable bonds is 5. The Labute approximate surface area is 124 Å². The SMILES string of the molecule is COc1ccccc1[C@@H](C)NC(=O)CC1CSCCN1. The number of thioether (sulfide) groups is 1. The van der Waals surface area contributed by atoms with Crippen LogP contribution in [0.2, 0.25) is 0 Å². The number of hydrogen-bond donors (Lipinski definition) is 2. The molecule has 2 rings (SSSR count). The Kier molecular flexibility index (Phi) is 5.73. The molecular weight excluding hydrogens is 272 g/mol. The zero-order chi connectivity index (χ0) is 14.4. The van der Waals surface area contributed by atoms with Gasteiger partial charge in [-0.2, -0.15) is 11.8 Å². The highest BCUT2D eigenvalue weighted by Crippen LogP contribution is 2.24. The Morgan fingerprint density at radius 2 is 2.35 bits per heavy atom. The molecule has 1 aromatic rings. The lowest BCUT2D eigenvalue weighted by molar-refractivity contribution is -0.122. The fourth-order valence-electron chi connectivity index (χ4n) is 2.38. The van der Waals surface area contributed by atoms with Gasteiger partial charge in [0, 0.05) is 36.1 Å². The largest absolute Gasteiger partial charge is 0.496 e. The summed E-state index contributed by atoms with van der Waals surface area (Å²) in [5, 5.41) is 6.43. The molecule has 2 N–H and O–H groups in total. The van der Waals surface area contributed by atoms with Crippen LogP contribution in [-0.2, 0) is 4.79 Å². The smallest absolute Gasteiger partial charge is 0.222 e. The van der Waals surface area contributed by atoms with Crippen LogP contribution < -0.4 is 15.4 Å². The van der Waals surface area contributed by atoms with Crippen molar-refractivity contribution in [3.63, 3.8) is 0 Å². The average Bonchev–Trinajstić information content (AvgIpc) is 2.48. The van der Waals surface area contributed by atoms with Gasteiger partial charge in [0.15, 0.2) is 0 Å². The predicted molar refractivity (Wildman–Crippen MR) is 83.3 cm³/mol. The number of carbonyl (C=O) groups excluding carboxylic acids is 1. The van der Waals surface area contributed by atoms with Crippen LogP contribution in [0.3, 0.4) is 0 Å². The molecule has 4 nitrogen and oxygen atoms in total. The fraction of sp³-hybridized carbons (Fsp3) is 0.533. The lowest BCUT2D eigenvalue weighted by Crippen LogP contribution is -2.41. The van der Waals surface area contributed by atoms with E-state index in [-0.39, 0.29) is 11.9 Å². The Balaban J connectivity index is 1.89. The molecule has 0 aliphatic carbocycles. The van der Waals surface area contributed by atoms with Gasteiger partial charge >= 0.3 is 0 Å². The van der Waals surface area contributed by atoms with Crippen molar-refractivity contribution in [3.05, 3.63) is 29.8 Å². The number of nitrogens with one attached hydrogen (secondary N) is 2. The van der Waals surface area contributed by atoms with Gasteiger partial charge in [-0.1, -0.05) is 18.2 Å². The minimum absolute atomic E-state index is 0.0464. The average molecular weight is 294 g/mol. The summed E-state index contributed by atoms with van der Waals surface area (Å²) in [5.41, 5.74) is 1.01. The molecule has 0 aromatic heterocycles. The highest BCUT2D eigenvalue weighted by Gasteiger charge is 2.19. The van der Waals surface area contributed by atoms with Gasteiger partial charge in [0.2, 0.25) is 5.91 Å². The Bertz CT molecular complexity index is 447. The highest BCUT2D eigenvalue weighted by molar-refractivity contribution is 7.99. The first-order valence-corrected chi connectivity index (χ1v) is 8.09. The van der Waals surface area contributed by atoms with E-state index in [1.54, 1.807) is 7.11 Å². The van der Waals surface area contributed by atoms with Crippen LogP contribution in [0.4, 0.5) is 0 Å². The number of ether oxygens (including phenoxy) is 1. The monoisotopic (exact) mass is 294 g/mol. The summed E-state index contributed by atoms with van der Waals surface area (Å²) >= 11 is 1.90. The second-order valence-corrected chi connectivity index (χ2v) is 6.11. The van der Waals surface area contributed by atoms with Gasteiger partial charge in [-0.15, -0.1) is 0 Å². The molecule has 1 heterocycles. The molecule has 0 bridgehead atoms. The summed E-state index contributed by atoms with van der Waals surface area (Å²) in [6, 6.07) is 8.03. The topological polar surface area (TPSA) is 50.4 Å². The first kappa shape index (κ1) is 15.2. The minimum Gasteiger partial charge on any atom is -0.496 e. The molecular formula is C15H22N2O2S. The number of para-hydroxylation sites is 1. The van der Waals surface area contributed by atoms with E-state index in [2.05, 4.69) is 10.6 Å². The van der Waals surface area contributed by atoms with Gasteiger partial charge in [0.05, 0.1) is 13.2 Å². The van der Waals surface area contributed by atoms with Crippen LogP contribution in [0.1, 0.15) is 24.9 Å². The molecule has 0 spiro atoms. The van der Waals surface area contributed by atoms with Crippen LogP contribution in [0.5, 0.6) is 5.75 Å². The Morgan fingerprint density at radius 1 is 1.55 bits per heavy atom. The second-order valence-electron chi connectivity index (χ2n) is 4.96. The third-order valence-corrected chi connectivity index (χ3v) is 4.54. The highest BCUT2D eigenvalue weighted by atomic mass is 32.2. The van der Waals surface area contributed by atoms with Crippen molar-refractivity contribution in [1.82, 2.24) is 10.6 Å². The number of carbonyl (C=O) groups is 1. The van der Waals surface area contributed by atoms with Crippen LogP contribution in [0.15, 0.2) is 24.3 Å². The zero-order valence-corrected chi connectivity index (χ0v) is 12.8. The maximum absolute atomic E-state index is 12.1. The molecule has 1 unspecified atom stereocenters. The van der Waals surface area contributed by atoms with Gasteiger partial charge < -0.3 is 15.4 Å². The van der Waals surface area contributed by atoms with Crippen LogP contribution >= 0.6 is 11.8 Å². The second kappa shape index (κ2) is 7.55. The van der Waals surface area contributed by atoms with E-state index < -0.39 is 0 Å². The van der Waals surface area contributed by atoms with Gasteiger partial charge in [0.25, 0.3) is 0 Å². The molecule has 1 saturated heterocycles. The van der Waals surface area contributed by atoms with Gasteiger partial charge in [-0.25, -0.2) is 0 Å². The molecule has 1 aliphatic heterocycles. The summed E-state index contributed by atoms with van der Waals surface area (Å²) in [7, 11) is 1.65. The summed E-state index contributed by atoms with van der Waals surface area (Å²) in [5.74, 6) is 3.04. The zero-order valence-electron chi connectivity index (χ0n) is 12.0. The quantitative estimate of drug-likeness (QED) is 0.872. The van der Waals surface area contributed by atoms with Gasteiger partial charge in [-0.05, 0) is 13.0 Å². The van der Waals surface area contributed by atoms with E-state index in [1.807, 2.05) is 43.0 Å². The van der Waals surface area contributed by atoms with Crippen molar-refractivity contribution in [2.75, 3.05) is 25.2 Å². The van der Waals surface area contributed by atoms with Crippen molar-refractivity contribution in [2.45, 2.75) is 25.4 Å². The van der Waals surface area contributed by atoms with Crippen LogP contribution in [0, 0.1) is 0 Å².